The van der Waals surface area contributed by atoms with E-state index in [0.717, 1.165) is 0 Å². The summed E-state index contributed by atoms with van der Waals surface area (Å²) >= 11 is 5.90. The van der Waals surface area contributed by atoms with Gasteiger partial charge in [-0.05, 0) is 32.0 Å². The molecule has 126 valence electrons. The lowest BCUT2D eigenvalue weighted by Crippen LogP contribution is -2.19. The Labute approximate surface area is 142 Å². The van der Waals surface area contributed by atoms with Crippen molar-refractivity contribution in [2.24, 2.45) is 5.73 Å². The predicted molar refractivity (Wildman–Crippen MR) is 87.9 cm³/mol. The van der Waals surface area contributed by atoms with E-state index in [-0.39, 0.29) is 34.1 Å². The number of methoxy groups -OCH3 is 1. The highest BCUT2D eigenvalue weighted by Gasteiger charge is 2.27. The molecule has 0 saturated heterocycles. The molecule has 2 amide bonds. The summed E-state index contributed by atoms with van der Waals surface area (Å²) in [6.45, 7) is 2.77. The second-order valence-electron chi connectivity index (χ2n) is 4.96. The van der Waals surface area contributed by atoms with Crippen LogP contribution in [0.15, 0.2) is 22.6 Å². The van der Waals surface area contributed by atoms with E-state index in [2.05, 4.69) is 5.32 Å². The van der Waals surface area contributed by atoms with Gasteiger partial charge in [-0.15, -0.1) is 0 Å². The highest BCUT2D eigenvalue weighted by atomic mass is 35.5. The van der Waals surface area contributed by atoms with Crippen LogP contribution in [-0.2, 0) is 0 Å². The Kier molecular flexibility index (Phi) is 4.94. The second-order valence-corrected chi connectivity index (χ2v) is 5.39. The van der Waals surface area contributed by atoms with E-state index < -0.39 is 17.6 Å². The van der Waals surface area contributed by atoms with Crippen LogP contribution in [-0.4, -0.2) is 24.7 Å². The number of hydrogen-bond acceptors (Lipinski definition) is 5. The van der Waals surface area contributed by atoms with E-state index in [1.807, 2.05) is 0 Å². The van der Waals surface area contributed by atoms with Crippen LogP contribution in [0.1, 0.15) is 43.8 Å². The Morgan fingerprint density at radius 1 is 1.25 bits per heavy atom. The summed E-state index contributed by atoms with van der Waals surface area (Å²) in [7, 11) is 1.40. The van der Waals surface area contributed by atoms with Crippen molar-refractivity contribution in [1.82, 2.24) is 0 Å². The van der Waals surface area contributed by atoms with Crippen LogP contribution < -0.4 is 15.8 Å². The number of Topliss-reactive ketones (excluding diaryl/α,β-unsaturated/α-hetero) is 1. The summed E-state index contributed by atoms with van der Waals surface area (Å²) in [5.41, 5.74) is 5.32. The van der Waals surface area contributed by atoms with Crippen molar-refractivity contribution in [3.63, 3.8) is 0 Å². The number of nitrogens with one attached hydrogen (secondary N) is 1. The van der Waals surface area contributed by atoms with Gasteiger partial charge in [0.25, 0.3) is 11.8 Å². The van der Waals surface area contributed by atoms with Gasteiger partial charge in [0.2, 0.25) is 5.88 Å². The van der Waals surface area contributed by atoms with Gasteiger partial charge >= 0.3 is 0 Å². The van der Waals surface area contributed by atoms with Crippen molar-refractivity contribution in [3.05, 3.63) is 45.7 Å². The lowest BCUT2D eigenvalue weighted by atomic mass is 10.1. The van der Waals surface area contributed by atoms with Crippen LogP contribution in [0.3, 0.4) is 0 Å². The molecule has 2 rings (SSSR count). The van der Waals surface area contributed by atoms with Crippen LogP contribution in [0.5, 0.6) is 5.75 Å². The molecule has 1 heterocycles. The fourth-order valence-corrected chi connectivity index (χ4v) is 2.49. The van der Waals surface area contributed by atoms with Crippen LogP contribution in [0.25, 0.3) is 0 Å². The van der Waals surface area contributed by atoms with E-state index in [0.29, 0.717) is 5.02 Å². The number of aryl methyl sites for hydroxylation is 1. The molecular formula is C16H15ClN2O5. The number of nitrogens with two attached hydrogens (primary N) is 1. The number of anilines is 1. The van der Waals surface area contributed by atoms with Crippen LogP contribution in [0.2, 0.25) is 5.02 Å². The van der Waals surface area contributed by atoms with E-state index in [1.54, 1.807) is 6.07 Å². The fraction of sp³-hybridized carbons (Fsp3) is 0.188. The maximum atomic E-state index is 12.5. The molecule has 2 aromatic rings. The molecule has 0 aliphatic carbocycles. The monoisotopic (exact) mass is 350 g/mol. The third-order valence-electron chi connectivity index (χ3n) is 3.32. The molecule has 0 fully saturated rings. The fourth-order valence-electron chi connectivity index (χ4n) is 2.32. The van der Waals surface area contributed by atoms with Crippen molar-refractivity contribution in [2.75, 3.05) is 12.4 Å². The lowest BCUT2D eigenvalue weighted by molar-refractivity contribution is 0.0974. The number of carbonyl (C=O) groups is 3. The van der Waals surface area contributed by atoms with Gasteiger partial charge in [-0.25, -0.2) is 0 Å². The van der Waals surface area contributed by atoms with Crippen molar-refractivity contribution < 1.29 is 23.5 Å². The Morgan fingerprint density at radius 2 is 1.92 bits per heavy atom. The molecular weight excluding hydrogens is 336 g/mol. The Balaban J connectivity index is 2.47. The summed E-state index contributed by atoms with van der Waals surface area (Å²) in [5.74, 6) is -1.63. The SMILES string of the molecule is COc1ccc(Cl)cc1C(=O)Nc1oc(C)c(C(C)=O)c1C(N)=O. The van der Waals surface area contributed by atoms with Crippen LogP contribution >= 0.6 is 11.6 Å². The second kappa shape index (κ2) is 6.76. The average molecular weight is 351 g/mol. The molecule has 0 spiro atoms. The molecule has 0 aliphatic rings. The molecule has 0 atom stereocenters. The van der Waals surface area contributed by atoms with Crippen molar-refractivity contribution in [1.29, 1.82) is 0 Å². The number of ether oxygens (including phenoxy) is 1. The van der Waals surface area contributed by atoms with Crippen molar-refractivity contribution in [2.45, 2.75) is 13.8 Å². The summed E-state index contributed by atoms with van der Waals surface area (Å²) in [6, 6.07) is 4.50. The minimum absolute atomic E-state index is 0.0378. The van der Waals surface area contributed by atoms with Gasteiger partial charge in [-0.2, -0.15) is 0 Å². The molecule has 0 unspecified atom stereocenters. The van der Waals surface area contributed by atoms with E-state index in [4.69, 9.17) is 26.5 Å². The van der Waals surface area contributed by atoms with Crippen molar-refractivity contribution in [3.8, 4) is 5.75 Å². The standard InChI is InChI=1S/C16H15ClN2O5/c1-7(20)12-8(2)24-16(13(12)14(18)21)19-15(22)10-6-9(17)4-5-11(10)23-3/h4-6H,1-3H3,(H2,18,21)(H,19,22). The quantitative estimate of drug-likeness (QED) is 0.805. The Bertz CT molecular complexity index is 841. The first-order valence-electron chi connectivity index (χ1n) is 6.85. The number of benzene rings is 1. The number of furan rings is 1. The smallest absolute Gasteiger partial charge is 0.261 e. The third-order valence-corrected chi connectivity index (χ3v) is 3.55. The summed E-state index contributed by atoms with van der Waals surface area (Å²) < 4.78 is 10.4. The molecule has 0 radical (unpaired) electrons. The first kappa shape index (κ1) is 17.6. The first-order valence-corrected chi connectivity index (χ1v) is 7.23. The van der Waals surface area contributed by atoms with Gasteiger partial charge in [0.15, 0.2) is 5.78 Å². The maximum Gasteiger partial charge on any atom is 0.261 e. The van der Waals surface area contributed by atoms with Gasteiger partial charge in [-0.1, -0.05) is 11.6 Å². The van der Waals surface area contributed by atoms with Gasteiger partial charge in [0, 0.05) is 5.02 Å². The topological polar surface area (TPSA) is 112 Å². The normalized spacial score (nSPS) is 10.3. The molecule has 0 aliphatic heterocycles. The molecule has 8 heteroatoms. The number of primary amides is 1. The molecule has 1 aromatic heterocycles. The number of ketones is 1. The highest BCUT2D eigenvalue weighted by Crippen LogP contribution is 2.29. The zero-order valence-electron chi connectivity index (χ0n) is 13.2. The van der Waals surface area contributed by atoms with E-state index in [1.165, 1.54) is 33.1 Å². The minimum Gasteiger partial charge on any atom is -0.496 e. The molecule has 1 aromatic carbocycles. The highest BCUT2D eigenvalue weighted by molar-refractivity contribution is 6.31. The molecule has 7 nitrogen and oxygen atoms in total. The molecule has 3 N–H and O–H groups in total. The third kappa shape index (κ3) is 3.26. The number of amides is 2. The lowest BCUT2D eigenvalue weighted by Gasteiger charge is -2.09. The first-order chi connectivity index (χ1) is 11.3. The Morgan fingerprint density at radius 3 is 2.46 bits per heavy atom. The van der Waals surface area contributed by atoms with Crippen molar-refractivity contribution >= 4 is 35.1 Å². The summed E-state index contributed by atoms with van der Waals surface area (Å²) in [5, 5.41) is 2.76. The van der Waals surface area contributed by atoms with Gasteiger partial charge < -0.3 is 14.9 Å². The van der Waals surface area contributed by atoms with Crippen LogP contribution in [0, 0.1) is 6.92 Å². The minimum atomic E-state index is -0.884. The number of halogens is 1. The van der Waals surface area contributed by atoms with E-state index in [9.17, 15) is 14.4 Å². The zero-order chi connectivity index (χ0) is 18.0. The molecule has 0 saturated carbocycles. The number of hydrogen-bond donors (Lipinski definition) is 2. The summed E-state index contributed by atoms with van der Waals surface area (Å²) in [4.78, 5) is 35.8. The zero-order valence-corrected chi connectivity index (χ0v) is 14.0. The maximum absolute atomic E-state index is 12.5. The average Bonchev–Trinajstić information content (AvgIpc) is 2.83. The number of carbonyl (C=O) groups excluding carboxylic acids is 3. The summed E-state index contributed by atoms with van der Waals surface area (Å²) in [6.07, 6.45) is 0. The molecule has 0 bridgehead atoms. The van der Waals surface area contributed by atoms with Gasteiger partial charge in [-0.3, -0.25) is 19.7 Å². The van der Waals surface area contributed by atoms with Crippen LogP contribution in [0.4, 0.5) is 5.88 Å². The predicted octanol–water partition coefficient (Wildman–Crippen LogP) is 2.80. The Hall–Kier alpha value is -2.80. The number of rotatable bonds is 5. The molecule has 24 heavy (non-hydrogen) atoms. The largest absolute Gasteiger partial charge is 0.496 e. The van der Waals surface area contributed by atoms with E-state index >= 15 is 0 Å². The van der Waals surface area contributed by atoms with Gasteiger partial charge in [0.05, 0.1) is 18.2 Å². The van der Waals surface area contributed by atoms with Gasteiger partial charge in [0.1, 0.15) is 17.1 Å².